The van der Waals surface area contributed by atoms with Crippen molar-refractivity contribution in [3.8, 4) is 0 Å². The largest absolute Gasteiger partial charge is 0.340 e. The zero-order valence-corrected chi connectivity index (χ0v) is 14.6. The molecular formula is C21H21N3O. The Morgan fingerprint density at radius 2 is 1.56 bits per heavy atom. The van der Waals surface area contributed by atoms with Crippen LogP contribution >= 0.6 is 0 Å². The molecule has 0 spiro atoms. The van der Waals surface area contributed by atoms with Gasteiger partial charge in [0.25, 0.3) is 5.91 Å². The minimum absolute atomic E-state index is 0.141. The number of hydrogen-bond donors (Lipinski definition) is 2. The van der Waals surface area contributed by atoms with E-state index in [-0.39, 0.29) is 5.91 Å². The van der Waals surface area contributed by atoms with Crippen molar-refractivity contribution in [1.29, 1.82) is 0 Å². The van der Waals surface area contributed by atoms with E-state index in [0.29, 0.717) is 11.3 Å². The average Bonchev–Trinajstić information content (AvgIpc) is 2.60. The van der Waals surface area contributed by atoms with Gasteiger partial charge in [-0.3, -0.25) is 4.79 Å². The highest BCUT2D eigenvalue weighted by Crippen LogP contribution is 2.23. The van der Waals surface area contributed by atoms with Crippen LogP contribution in [0.1, 0.15) is 27.0 Å². The summed E-state index contributed by atoms with van der Waals surface area (Å²) in [5.41, 5.74) is 5.81. The zero-order chi connectivity index (χ0) is 17.8. The lowest BCUT2D eigenvalue weighted by molar-refractivity contribution is 0.102. The highest BCUT2D eigenvalue weighted by atomic mass is 16.1. The summed E-state index contributed by atoms with van der Waals surface area (Å²) >= 11 is 0. The zero-order valence-electron chi connectivity index (χ0n) is 14.6. The maximum atomic E-state index is 12.2. The quantitative estimate of drug-likeness (QED) is 0.707. The fraction of sp³-hybridized carbons (Fsp3) is 0.143. The number of nitrogens with zero attached hydrogens (tertiary/aromatic N) is 1. The van der Waals surface area contributed by atoms with Gasteiger partial charge in [-0.1, -0.05) is 35.9 Å². The molecule has 4 heteroatoms. The van der Waals surface area contributed by atoms with Gasteiger partial charge in [0.15, 0.2) is 0 Å². The molecule has 3 aromatic rings. The number of aryl methyl sites for hydroxylation is 3. The Morgan fingerprint density at radius 1 is 0.880 bits per heavy atom. The Balaban J connectivity index is 1.70. The van der Waals surface area contributed by atoms with E-state index in [1.165, 1.54) is 11.1 Å². The number of pyridine rings is 1. The number of hydrogen-bond acceptors (Lipinski definition) is 3. The maximum absolute atomic E-state index is 12.2. The summed E-state index contributed by atoms with van der Waals surface area (Å²) < 4.78 is 0. The van der Waals surface area contributed by atoms with Crippen molar-refractivity contribution in [2.45, 2.75) is 20.8 Å². The lowest BCUT2D eigenvalue weighted by atomic mass is 10.1. The number of aromatic nitrogens is 1. The Labute approximate surface area is 147 Å². The fourth-order valence-corrected chi connectivity index (χ4v) is 2.59. The van der Waals surface area contributed by atoms with Gasteiger partial charge in [-0.15, -0.1) is 0 Å². The minimum Gasteiger partial charge on any atom is -0.340 e. The van der Waals surface area contributed by atoms with Crippen molar-refractivity contribution in [3.05, 3.63) is 83.0 Å². The summed E-state index contributed by atoms with van der Waals surface area (Å²) in [6.45, 7) is 6.12. The number of nitrogens with one attached hydrogen (secondary N) is 2. The van der Waals surface area contributed by atoms with Gasteiger partial charge in [-0.25, -0.2) is 4.98 Å². The van der Waals surface area contributed by atoms with E-state index in [9.17, 15) is 4.79 Å². The molecule has 1 amide bonds. The predicted octanol–water partition coefficient (Wildman–Crippen LogP) is 5.00. The minimum atomic E-state index is -0.141. The molecule has 0 saturated carbocycles. The van der Waals surface area contributed by atoms with Crippen LogP contribution in [-0.4, -0.2) is 10.9 Å². The van der Waals surface area contributed by atoms with Crippen molar-refractivity contribution < 1.29 is 4.79 Å². The van der Waals surface area contributed by atoms with Crippen molar-refractivity contribution in [3.63, 3.8) is 0 Å². The van der Waals surface area contributed by atoms with E-state index in [1.807, 2.05) is 49.4 Å². The van der Waals surface area contributed by atoms with Crippen LogP contribution in [0.25, 0.3) is 0 Å². The van der Waals surface area contributed by atoms with E-state index >= 15 is 0 Å². The van der Waals surface area contributed by atoms with Crippen LogP contribution in [0.5, 0.6) is 0 Å². The first-order chi connectivity index (χ1) is 12.0. The molecule has 0 atom stereocenters. The van der Waals surface area contributed by atoms with Crippen molar-refractivity contribution in [2.24, 2.45) is 0 Å². The molecule has 2 N–H and O–H groups in total. The predicted molar refractivity (Wildman–Crippen MR) is 103 cm³/mol. The van der Waals surface area contributed by atoms with E-state index in [2.05, 4.69) is 41.6 Å². The Kier molecular flexibility index (Phi) is 4.80. The molecule has 4 nitrogen and oxygen atoms in total. The van der Waals surface area contributed by atoms with Gasteiger partial charge in [0.2, 0.25) is 0 Å². The van der Waals surface area contributed by atoms with Crippen LogP contribution < -0.4 is 10.6 Å². The number of para-hydroxylation sites is 1. The molecular weight excluding hydrogens is 310 g/mol. The number of rotatable bonds is 4. The van der Waals surface area contributed by atoms with Gasteiger partial charge >= 0.3 is 0 Å². The van der Waals surface area contributed by atoms with Crippen LogP contribution in [0.3, 0.4) is 0 Å². The van der Waals surface area contributed by atoms with Crippen LogP contribution in [0.4, 0.5) is 17.2 Å². The molecule has 0 saturated heterocycles. The Bertz CT molecular complexity index is 864. The van der Waals surface area contributed by atoms with Gasteiger partial charge in [0.05, 0.1) is 11.9 Å². The molecule has 0 aliphatic rings. The molecule has 126 valence electrons. The van der Waals surface area contributed by atoms with Crippen molar-refractivity contribution in [1.82, 2.24) is 4.98 Å². The van der Waals surface area contributed by atoms with E-state index in [0.717, 1.165) is 17.1 Å². The number of benzene rings is 2. The molecule has 25 heavy (non-hydrogen) atoms. The first-order valence-electron chi connectivity index (χ1n) is 8.20. The fourth-order valence-electron chi connectivity index (χ4n) is 2.59. The third kappa shape index (κ3) is 4.04. The molecule has 3 rings (SSSR count). The Hall–Kier alpha value is -3.14. The van der Waals surface area contributed by atoms with Crippen LogP contribution in [0.2, 0.25) is 0 Å². The number of amides is 1. The number of carbonyl (C=O) groups is 1. The van der Waals surface area contributed by atoms with Gasteiger partial charge in [-0.05, 0) is 56.2 Å². The van der Waals surface area contributed by atoms with Gasteiger partial charge in [-0.2, -0.15) is 0 Å². The van der Waals surface area contributed by atoms with Crippen molar-refractivity contribution >= 4 is 23.1 Å². The average molecular weight is 331 g/mol. The first kappa shape index (κ1) is 16.7. The maximum Gasteiger partial charge on any atom is 0.255 e. The normalized spacial score (nSPS) is 10.4. The van der Waals surface area contributed by atoms with Crippen LogP contribution in [0.15, 0.2) is 60.8 Å². The summed E-state index contributed by atoms with van der Waals surface area (Å²) in [7, 11) is 0. The van der Waals surface area contributed by atoms with E-state index in [4.69, 9.17) is 0 Å². The molecule has 0 bridgehead atoms. The van der Waals surface area contributed by atoms with Crippen LogP contribution in [0, 0.1) is 20.8 Å². The molecule has 0 aliphatic carbocycles. The smallest absolute Gasteiger partial charge is 0.255 e. The molecule has 0 unspecified atom stereocenters. The summed E-state index contributed by atoms with van der Waals surface area (Å²) in [5.74, 6) is 0.600. The molecule has 1 aromatic heterocycles. The molecule has 0 radical (unpaired) electrons. The Morgan fingerprint density at radius 3 is 2.16 bits per heavy atom. The summed E-state index contributed by atoms with van der Waals surface area (Å²) in [4.78, 5) is 16.6. The second-order valence-corrected chi connectivity index (χ2v) is 6.14. The summed E-state index contributed by atoms with van der Waals surface area (Å²) in [5, 5.41) is 6.20. The van der Waals surface area contributed by atoms with Crippen molar-refractivity contribution in [2.75, 3.05) is 10.6 Å². The van der Waals surface area contributed by atoms with E-state index in [1.54, 1.807) is 6.20 Å². The van der Waals surface area contributed by atoms with Gasteiger partial charge in [0, 0.05) is 11.3 Å². The summed E-state index contributed by atoms with van der Waals surface area (Å²) in [6, 6.07) is 17.3. The number of carbonyl (C=O) groups excluding carboxylic acids is 1. The van der Waals surface area contributed by atoms with Gasteiger partial charge < -0.3 is 10.6 Å². The molecule has 1 heterocycles. The second kappa shape index (κ2) is 7.18. The van der Waals surface area contributed by atoms with Crippen LogP contribution in [-0.2, 0) is 0 Å². The number of anilines is 3. The summed E-state index contributed by atoms with van der Waals surface area (Å²) in [6.07, 6.45) is 1.65. The second-order valence-electron chi connectivity index (χ2n) is 6.14. The van der Waals surface area contributed by atoms with Gasteiger partial charge in [0.1, 0.15) is 5.82 Å². The SMILES string of the molecule is Cc1ccc(C(=O)Nc2ccc(Nc3c(C)cccc3C)nc2)cc1. The highest BCUT2D eigenvalue weighted by Gasteiger charge is 2.07. The molecule has 2 aromatic carbocycles. The first-order valence-corrected chi connectivity index (χ1v) is 8.20. The monoisotopic (exact) mass is 331 g/mol. The topological polar surface area (TPSA) is 54.0 Å². The van der Waals surface area contributed by atoms with E-state index < -0.39 is 0 Å². The standard InChI is InChI=1S/C21H21N3O/c1-14-7-9-17(10-8-14)21(25)23-18-11-12-19(22-13-18)24-20-15(2)5-4-6-16(20)3/h4-13H,1-3H3,(H,22,24)(H,23,25). The third-order valence-electron chi connectivity index (χ3n) is 4.07. The lowest BCUT2D eigenvalue weighted by Gasteiger charge is -2.12. The molecule has 0 fully saturated rings. The third-order valence-corrected chi connectivity index (χ3v) is 4.07. The highest BCUT2D eigenvalue weighted by molar-refractivity contribution is 6.04. The lowest BCUT2D eigenvalue weighted by Crippen LogP contribution is -2.12. The molecule has 0 aliphatic heterocycles.